The molecule has 1 aromatic carbocycles. The van der Waals surface area contributed by atoms with Crippen LogP contribution in [-0.2, 0) is 4.74 Å². The summed E-state index contributed by atoms with van der Waals surface area (Å²) >= 11 is 11.8. The normalized spacial score (nSPS) is 11.8. The maximum absolute atomic E-state index is 6.19. The monoisotopic (exact) mass is 363 g/mol. The molecule has 1 N–H and O–H groups in total. The number of aromatic nitrogens is 1. The van der Waals surface area contributed by atoms with Gasteiger partial charge in [-0.2, -0.15) is 0 Å². The van der Waals surface area contributed by atoms with E-state index in [0.29, 0.717) is 23.3 Å². The van der Waals surface area contributed by atoms with E-state index in [-0.39, 0.29) is 6.04 Å². The molecule has 0 bridgehead atoms. The molecule has 0 amide bonds. The molecule has 2 rings (SSSR count). The highest BCUT2D eigenvalue weighted by atomic mass is 35.5. The predicted molar refractivity (Wildman–Crippen MR) is 104 cm³/mol. The minimum atomic E-state index is 0.0286. The standard InChI is InChI=1S/C18H22ClN3OS/c1-13-15(19)7-6-9-16(13)21-18(24)22(11-12-23-3)14(2)17-8-4-5-10-20-17/h4-10,14H,11-12H2,1-3H3,(H,21,24)/t14-/m1/s1. The lowest BCUT2D eigenvalue weighted by atomic mass is 10.2. The van der Waals surface area contributed by atoms with Crippen LogP contribution in [0.5, 0.6) is 0 Å². The van der Waals surface area contributed by atoms with Crippen LogP contribution in [0.25, 0.3) is 0 Å². The molecule has 0 spiro atoms. The van der Waals surface area contributed by atoms with Gasteiger partial charge in [-0.3, -0.25) is 4.98 Å². The van der Waals surface area contributed by atoms with Crippen LogP contribution >= 0.6 is 23.8 Å². The Bertz CT molecular complexity index is 681. The fraction of sp³-hybridized carbons (Fsp3) is 0.333. The number of halogens is 1. The average molecular weight is 364 g/mol. The van der Waals surface area contributed by atoms with Gasteiger partial charge < -0.3 is 15.0 Å². The summed E-state index contributed by atoms with van der Waals surface area (Å²) in [5.41, 5.74) is 2.84. The van der Waals surface area contributed by atoms with E-state index in [4.69, 9.17) is 28.6 Å². The summed E-state index contributed by atoms with van der Waals surface area (Å²) in [4.78, 5) is 6.51. The van der Waals surface area contributed by atoms with E-state index in [2.05, 4.69) is 22.1 Å². The van der Waals surface area contributed by atoms with Gasteiger partial charge in [-0.05, 0) is 55.9 Å². The van der Waals surface area contributed by atoms with Crippen molar-refractivity contribution in [3.63, 3.8) is 0 Å². The molecule has 4 nitrogen and oxygen atoms in total. The first-order valence-corrected chi connectivity index (χ1v) is 8.55. The molecule has 0 aliphatic carbocycles. The first-order valence-electron chi connectivity index (χ1n) is 7.77. The zero-order valence-corrected chi connectivity index (χ0v) is 15.7. The Morgan fingerprint density at radius 3 is 2.79 bits per heavy atom. The van der Waals surface area contributed by atoms with Gasteiger partial charge in [0.15, 0.2) is 5.11 Å². The minimum Gasteiger partial charge on any atom is -0.383 e. The van der Waals surface area contributed by atoms with E-state index in [1.54, 1.807) is 13.3 Å². The van der Waals surface area contributed by atoms with Crippen molar-refractivity contribution < 1.29 is 4.74 Å². The van der Waals surface area contributed by atoms with Crippen LogP contribution in [0.1, 0.15) is 24.2 Å². The molecule has 1 atom stereocenters. The number of ether oxygens (including phenoxy) is 1. The zero-order chi connectivity index (χ0) is 17.5. The van der Waals surface area contributed by atoms with Crippen molar-refractivity contribution in [1.82, 2.24) is 9.88 Å². The lowest BCUT2D eigenvalue weighted by Crippen LogP contribution is -2.39. The van der Waals surface area contributed by atoms with Crippen molar-refractivity contribution in [2.24, 2.45) is 0 Å². The van der Waals surface area contributed by atoms with Crippen LogP contribution in [0.2, 0.25) is 5.02 Å². The fourth-order valence-electron chi connectivity index (χ4n) is 2.37. The summed E-state index contributed by atoms with van der Waals surface area (Å²) in [6.07, 6.45) is 1.79. The van der Waals surface area contributed by atoms with E-state index in [1.807, 2.05) is 43.3 Å². The van der Waals surface area contributed by atoms with Gasteiger partial charge in [-0.25, -0.2) is 0 Å². The third-order valence-corrected chi connectivity index (χ3v) is 4.64. The van der Waals surface area contributed by atoms with Crippen molar-refractivity contribution in [3.8, 4) is 0 Å². The molecule has 1 heterocycles. The van der Waals surface area contributed by atoms with E-state index < -0.39 is 0 Å². The molecule has 0 aliphatic heterocycles. The summed E-state index contributed by atoms with van der Waals surface area (Å²) < 4.78 is 5.23. The number of thiocarbonyl (C=S) groups is 1. The van der Waals surface area contributed by atoms with Crippen LogP contribution in [0.3, 0.4) is 0 Å². The van der Waals surface area contributed by atoms with E-state index >= 15 is 0 Å². The lowest BCUT2D eigenvalue weighted by molar-refractivity contribution is 0.164. The van der Waals surface area contributed by atoms with Gasteiger partial charge in [-0.1, -0.05) is 23.7 Å². The minimum absolute atomic E-state index is 0.0286. The molecule has 2 aromatic rings. The summed E-state index contributed by atoms with van der Waals surface area (Å²) in [5, 5.41) is 4.63. The molecule has 0 fully saturated rings. The molecule has 24 heavy (non-hydrogen) atoms. The number of hydrogen-bond donors (Lipinski definition) is 1. The molecular formula is C18H22ClN3OS. The second-order valence-electron chi connectivity index (χ2n) is 5.46. The Hall–Kier alpha value is -1.69. The summed E-state index contributed by atoms with van der Waals surface area (Å²) in [6.45, 7) is 5.29. The maximum atomic E-state index is 6.19. The van der Waals surface area contributed by atoms with Crippen molar-refractivity contribution in [1.29, 1.82) is 0 Å². The molecule has 1 aromatic heterocycles. The maximum Gasteiger partial charge on any atom is 0.174 e. The number of rotatable bonds is 6. The first-order chi connectivity index (χ1) is 11.5. The Labute approximate surface area is 153 Å². The number of nitrogens with zero attached hydrogens (tertiary/aromatic N) is 2. The highest BCUT2D eigenvalue weighted by molar-refractivity contribution is 7.80. The summed E-state index contributed by atoms with van der Waals surface area (Å²) in [7, 11) is 1.68. The molecule has 0 radical (unpaired) electrons. The topological polar surface area (TPSA) is 37.4 Å². The smallest absolute Gasteiger partial charge is 0.174 e. The Morgan fingerprint density at radius 2 is 2.12 bits per heavy atom. The molecule has 128 valence electrons. The van der Waals surface area contributed by atoms with Crippen LogP contribution in [0, 0.1) is 6.92 Å². The molecule has 0 unspecified atom stereocenters. The lowest BCUT2D eigenvalue weighted by Gasteiger charge is -2.31. The van der Waals surface area contributed by atoms with Crippen molar-refractivity contribution in [2.75, 3.05) is 25.6 Å². The van der Waals surface area contributed by atoms with Crippen LogP contribution in [0.15, 0.2) is 42.6 Å². The molecule has 6 heteroatoms. The number of methoxy groups -OCH3 is 1. The number of benzene rings is 1. The third-order valence-electron chi connectivity index (χ3n) is 3.89. The van der Waals surface area contributed by atoms with Crippen LogP contribution in [0.4, 0.5) is 5.69 Å². The van der Waals surface area contributed by atoms with Gasteiger partial charge in [0.1, 0.15) is 0 Å². The number of hydrogen-bond acceptors (Lipinski definition) is 3. The summed E-state index contributed by atoms with van der Waals surface area (Å²) in [5.74, 6) is 0. The van der Waals surface area contributed by atoms with Crippen molar-refractivity contribution in [3.05, 3.63) is 58.9 Å². The highest BCUT2D eigenvalue weighted by Crippen LogP contribution is 2.25. The second kappa shape index (κ2) is 8.97. The third kappa shape index (κ3) is 4.66. The Morgan fingerprint density at radius 1 is 1.33 bits per heavy atom. The quantitative estimate of drug-likeness (QED) is 0.767. The zero-order valence-electron chi connectivity index (χ0n) is 14.1. The Balaban J connectivity index is 2.20. The van der Waals surface area contributed by atoms with Gasteiger partial charge in [0.05, 0.1) is 18.3 Å². The number of pyridine rings is 1. The van der Waals surface area contributed by atoms with Crippen LogP contribution in [-0.4, -0.2) is 35.3 Å². The van der Waals surface area contributed by atoms with Crippen LogP contribution < -0.4 is 5.32 Å². The highest BCUT2D eigenvalue weighted by Gasteiger charge is 2.20. The van der Waals surface area contributed by atoms with E-state index in [1.165, 1.54) is 0 Å². The van der Waals surface area contributed by atoms with E-state index in [9.17, 15) is 0 Å². The first kappa shape index (κ1) is 18.6. The molecular weight excluding hydrogens is 342 g/mol. The largest absolute Gasteiger partial charge is 0.383 e. The van der Waals surface area contributed by atoms with Crippen molar-refractivity contribution in [2.45, 2.75) is 19.9 Å². The van der Waals surface area contributed by atoms with Gasteiger partial charge >= 0.3 is 0 Å². The van der Waals surface area contributed by atoms with E-state index in [0.717, 1.165) is 16.9 Å². The van der Waals surface area contributed by atoms with Crippen molar-refractivity contribution >= 4 is 34.6 Å². The van der Waals surface area contributed by atoms with Gasteiger partial charge in [0.25, 0.3) is 0 Å². The summed E-state index contributed by atoms with van der Waals surface area (Å²) in [6, 6.07) is 11.6. The SMILES string of the molecule is COCCN(C(=S)Nc1cccc(Cl)c1C)[C@H](C)c1ccccn1. The van der Waals surface area contributed by atoms with Gasteiger partial charge in [0.2, 0.25) is 0 Å². The predicted octanol–water partition coefficient (Wildman–Crippen LogP) is 4.45. The average Bonchev–Trinajstić information content (AvgIpc) is 2.60. The molecule has 0 saturated carbocycles. The molecule has 0 aliphatic rings. The number of nitrogens with one attached hydrogen (secondary N) is 1. The Kier molecular flexibility index (Phi) is 6.97. The number of anilines is 1. The fourth-order valence-corrected chi connectivity index (χ4v) is 2.91. The van der Waals surface area contributed by atoms with Gasteiger partial charge in [-0.15, -0.1) is 0 Å². The second-order valence-corrected chi connectivity index (χ2v) is 6.25. The molecule has 0 saturated heterocycles. The van der Waals surface area contributed by atoms with Gasteiger partial charge in [0, 0.05) is 30.6 Å².